The fourth-order valence-corrected chi connectivity index (χ4v) is 5.62. The molecule has 0 saturated heterocycles. The lowest BCUT2D eigenvalue weighted by molar-refractivity contribution is -0.137. The van der Waals surface area contributed by atoms with E-state index in [0.29, 0.717) is 54.2 Å². The van der Waals surface area contributed by atoms with Crippen molar-refractivity contribution in [2.75, 3.05) is 18.5 Å². The number of benzene rings is 5. The Hall–Kier alpha value is -6.35. The van der Waals surface area contributed by atoms with Gasteiger partial charge in [0.05, 0.1) is 23.8 Å². The Kier molecular flexibility index (Phi) is 10.8. The van der Waals surface area contributed by atoms with Gasteiger partial charge in [-0.25, -0.2) is 9.78 Å². The van der Waals surface area contributed by atoms with Gasteiger partial charge in [-0.15, -0.1) is 0 Å². The van der Waals surface area contributed by atoms with Crippen molar-refractivity contribution in [3.63, 3.8) is 0 Å². The summed E-state index contributed by atoms with van der Waals surface area (Å²) in [6, 6.07) is 39.4. The van der Waals surface area contributed by atoms with Gasteiger partial charge in [-0.1, -0.05) is 97.1 Å². The third-order valence-electron chi connectivity index (χ3n) is 8.21. The van der Waals surface area contributed by atoms with Crippen LogP contribution in [0.3, 0.4) is 0 Å². The number of amides is 1. The maximum Gasteiger partial charge on any atom is 0.326 e. The second-order valence-electron chi connectivity index (χ2n) is 11.8. The number of anilines is 1. The molecular weight excluding hydrogens is 628 g/mol. The molecule has 0 saturated carbocycles. The van der Waals surface area contributed by atoms with Crippen LogP contribution >= 0.6 is 0 Å². The van der Waals surface area contributed by atoms with Crippen molar-refractivity contribution in [3.8, 4) is 5.75 Å². The molecule has 6 rings (SSSR count). The number of carboxylic acid groups (broad SMARTS) is 1. The predicted molar refractivity (Wildman–Crippen MR) is 192 cm³/mol. The molecular formula is C41H36N4O5. The van der Waals surface area contributed by atoms with Gasteiger partial charge in [-0.3, -0.25) is 14.6 Å². The van der Waals surface area contributed by atoms with Gasteiger partial charge in [-0.05, 0) is 53.9 Å². The summed E-state index contributed by atoms with van der Waals surface area (Å²) in [5.41, 5.74) is 4.87. The summed E-state index contributed by atoms with van der Waals surface area (Å²) in [6.07, 6.45) is 2.29. The molecule has 0 aliphatic carbocycles. The van der Waals surface area contributed by atoms with Crippen molar-refractivity contribution in [1.82, 2.24) is 14.9 Å². The van der Waals surface area contributed by atoms with Gasteiger partial charge in [0.15, 0.2) is 5.78 Å². The Morgan fingerprint density at radius 2 is 1.40 bits per heavy atom. The summed E-state index contributed by atoms with van der Waals surface area (Å²) in [4.78, 5) is 49.7. The van der Waals surface area contributed by atoms with Gasteiger partial charge < -0.3 is 20.1 Å². The first-order valence-corrected chi connectivity index (χ1v) is 16.4. The number of rotatable bonds is 15. The molecule has 0 bridgehead atoms. The van der Waals surface area contributed by atoms with E-state index in [-0.39, 0.29) is 23.8 Å². The van der Waals surface area contributed by atoms with Gasteiger partial charge in [0.1, 0.15) is 17.5 Å². The molecule has 0 radical (unpaired) electrons. The second-order valence-corrected chi connectivity index (χ2v) is 11.8. The number of ether oxygens (including phenoxy) is 1. The molecule has 9 nitrogen and oxygen atoms in total. The first-order chi connectivity index (χ1) is 24.4. The number of aliphatic carboxylic acids is 1. The fourth-order valence-electron chi connectivity index (χ4n) is 5.62. The number of nitrogens with zero attached hydrogens (tertiary/aromatic N) is 3. The average molecular weight is 665 g/mol. The molecule has 2 N–H and O–H groups in total. The highest BCUT2D eigenvalue weighted by molar-refractivity contribution is 6.12. The van der Waals surface area contributed by atoms with Crippen LogP contribution in [-0.2, 0) is 17.8 Å². The zero-order valence-electron chi connectivity index (χ0n) is 27.3. The number of carbonyl (C=O) groups excluding carboxylic acids is 2. The minimum Gasteiger partial charge on any atom is -0.494 e. The molecule has 1 atom stereocenters. The predicted octanol–water partition coefficient (Wildman–Crippen LogP) is 7.08. The number of nitrogens with one attached hydrogen (secondary N) is 1. The Labute approximate surface area is 290 Å². The van der Waals surface area contributed by atoms with E-state index in [4.69, 9.17) is 4.74 Å². The maximum atomic E-state index is 13.6. The number of aromatic nitrogens is 2. The van der Waals surface area contributed by atoms with Gasteiger partial charge in [0.2, 0.25) is 0 Å². The van der Waals surface area contributed by atoms with Crippen molar-refractivity contribution in [1.29, 1.82) is 0 Å². The SMILES string of the molecule is O=C(c1ccccc1)c1ccccc1NC(Cc1ccc(OCCCN(Cc2ccccc2)C(=O)c2cnc3ccccc3n2)cc1)C(=O)O. The summed E-state index contributed by atoms with van der Waals surface area (Å²) in [5, 5.41) is 13.1. The van der Waals surface area contributed by atoms with E-state index in [1.165, 1.54) is 6.20 Å². The molecule has 6 aromatic rings. The normalized spacial score (nSPS) is 11.4. The van der Waals surface area contributed by atoms with Crippen molar-refractivity contribution in [3.05, 3.63) is 168 Å². The van der Waals surface area contributed by atoms with Crippen LogP contribution < -0.4 is 10.1 Å². The number of hydrogen-bond donors (Lipinski definition) is 2. The molecule has 0 aliphatic rings. The molecule has 0 aliphatic heterocycles. The highest BCUT2D eigenvalue weighted by Crippen LogP contribution is 2.22. The molecule has 1 amide bonds. The monoisotopic (exact) mass is 664 g/mol. The number of carbonyl (C=O) groups is 3. The van der Waals surface area contributed by atoms with E-state index in [1.54, 1.807) is 65.6 Å². The van der Waals surface area contributed by atoms with E-state index in [9.17, 15) is 19.5 Å². The third-order valence-corrected chi connectivity index (χ3v) is 8.21. The van der Waals surface area contributed by atoms with Crippen molar-refractivity contribution >= 4 is 34.4 Å². The molecule has 1 aromatic heterocycles. The average Bonchev–Trinajstić information content (AvgIpc) is 3.16. The van der Waals surface area contributed by atoms with E-state index in [2.05, 4.69) is 15.3 Å². The number of ketones is 1. The Bertz CT molecular complexity index is 2070. The van der Waals surface area contributed by atoms with Gasteiger partial charge >= 0.3 is 5.97 Å². The quantitative estimate of drug-likeness (QED) is 0.0883. The van der Waals surface area contributed by atoms with Crippen molar-refractivity contribution in [2.24, 2.45) is 0 Å². The molecule has 0 fully saturated rings. The van der Waals surface area contributed by atoms with Gasteiger partial charge in [0, 0.05) is 36.3 Å². The van der Waals surface area contributed by atoms with Crippen LogP contribution in [0.2, 0.25) is 0 Å². The molecule has 1 heterocycles. The summed E-state index contributed by atoms with van der Waals surface area (Å²) < 4.78 is 6.00. The summed E-state index contributed by atoms with van der Waals surface area (Å²) in [5.74, 6) is -0.787. The zero-order chi connectivity index (χ0) is 34.7. The highest BCUT2D eigenvalue weighted by atomic mass is 16.5. The number of fused-ring (bicyclic) bond motifs is 1. The molecule has 1 unspecified atom stereocenters. The minimum atomic E-state index is -1.03. The lowest BCUT2D eigenvalue weighted by Crippen LogP contribution is -2.33. The first-order valence-electron chi connectivity index (χ1n) is 16.4. The standard InChI is InChI=1S/C41H36N4O5/c46-39(31-14-5-2-6-15-31)33-16-7-8-17-34(33)43-37(41(48)49)26-29-20-22-32(23-21-29)50-25-11-24-45(28-30-12-3-1-4-13-30)40(47)38-27-42-35-18-9-10-19-36(35)44-38/h1-10,12-23,27,37,43H,11,24-26,28H2,(H,48,49). The topological polar surface area (TPSA) is 122 Å². The van der Waals surface area contributed by atoms with Crippen molar-refractivity contribution in [2.45, 2.75) is 25.4 Å². The summed E-state index contributed by atoms with van der Waals surface area (Å²) in [7, 11) is 0. The van der Waals surface area contributed by atoms with Crippen LogP contribution in [0.1, 0.15) is 44.0 Å². The van der Waals surface area contributed by atoms with Crippen molar-refractivity contribution < 1.29 is 24.2 Å². The number of carboxylic acids is 1. The zero-order valence-corrected chi connectivity index (χ0v) is 27.3. The van der Waals surface area contributed by atoms with Gasteiger partial charge in [-0.2, -0.15) is 0 Å². The second kappa shape index (κ2) is 16.2. The largest absolute Gasteiger partial charge is 0.494 e. The van der Waals surface area contributed by atoms with E-state index in [0.717, 1.165) is 16.6 Å². The summed E-state index contributed by atoms with van der Waals surface area (Å²) in [6.45, 7) is 1.24. The first kappa shape index (κ1) is 33.5. The Balaban J connectivity index is 1.06. The third kappa shape index (κ3) is 8.56. The highest BCUT2D eigenvalue weighted by Gasteiger charge is 2.22. The van der Waals surface area contributed by atoms with E-state index in [1.807, 2.05) is 72.8 Å². The van der Waals surface area contributed by atoms with Crippen LogP contribution in [0.25, 0.3) is 11.0 Å². The molecule has 5 aromatic carbocycles. The fraction of sp³-hybridized carbons (Fsp3) is 0.146. The van der Waals surface area contributed by atoms with Crippen LogP contribution in [0.15, 0.2) is 140 Å². The number of para-hydroxylation sites is 3. The van der Waals surface area contributed by atoms with E-state index < -0.39 is 12.0 Å². The maximum absolute atomic E-state index is 13.6. The van der Waals surface area contributed by atoms with Crippen LogP contribution in [0.5, 0.6) is 5.75 Å². The Morgan fingerprint density at radius 1 is 0.740 bits per heavy atom. The molecule has 0 spiro atoms. The smallest absolute Gasteiger partial charge is 0.326 e. The lowest BCUT2D eigenvalue weighted by Gasteiger charge is -2.23. The Morgan fingerprint density at radius 3 is 2.14 bits per heavy atom. The number of hydrogen-bond acceptors (Lipinski definition) is 7. The van der Waals surface area contributed by atoms with Gasteiger partial charge in [0.25, 0.3) is 5.91 Å². The van der Waals surface area contributed by atoms with Crippen LogP contribution in [-0.4, -0.2) is 56.8 Å². The van der Waals surface area contributed by atoms with E-state index >= 15 is 0 Å². The molecule has 50 heavy (non-hydrogen) atoms. The van der Waals surface area contributed by atoms with Crippen LogP contribution in [0, 0.1) is 0 Å². The minimum absolute atomic E-state index is 0.186. The summed E-state index contributed by atoms with van der Waals surface area (Å²) >= 11 is 0. The van der Waals surface area contributed by atoms with Crippen LogP contribution in [0.4, 0.5) is 5.69 Å². The molecule has 250 valence electrons. The lowest BCUT2D eigenvalue weighted by atomic mass is 10.00. The molecule has 9 heteroatoms.